The van der Waals surface area contributed by atoms with E-state index in [1.54, 1.807) is 7.11 Å². The number of hydrogen-bond acceptors (Lipinski definition) is 2. The highest BCUT2D eigenvalue weighted by molar-refractivity contribution is 4.74. The number of methoxy groups -OCH3 is 1. The molecule has 0 aromatic carbocycles. The number of nitrogens with one attached hydrogen (secondary N) is 1. The Morgan fingerprint density at radius 1 is 1.27 bits per heavy atom. The van der Waals surface area contributed by atoms with Crippen LogP contribution in [0.4, 0.5) is 0 Å². The van der Waals surface area contributed by atoms with Crippen molar-refractivity contribution in [2.75, 3.05) is 20.3 Å². The molecule has 1 fully saturated rings. The molecule has 3 unspecified atom stereocenters. The van der Waals surface area contributed by atoms with E-state index in [2.05, 4.69) is 19.2 Å². The molecular formula is C13H27NO. The molecule has 0 aliphatic heterocycles. The number of hydrogen-bond donors (Lipinski definition) is 1. The van der Waals surface area contributed by atoms with Crippen LogP contribution in [0.1, 0.15) is 46.0 Å². The van der Waals surface area contributed by atoms with Gasteiger partial charge in [0.05, 0.1) is 0 Å². The van der Waals surface area contributed by atoms with Gasteiger partial charge in [0, 0.05) is 26.3 Å². The maximum atomic E-state index is 5.15. The lowest BCUT2D eigenvalue weighted by Gasteiger charge is -2.19. The van der Waals surface area contributed by atoms with Crippen molar-refractivity contribution in [1.29, 1.82) is 0 Å². The second-order valence-electron chi connectivity index (χ2n) is 5.28. The van der Waals surface area contributed by atoms with Gasteiger partial charge in [-0.05, 0) is 31.1 Å². The van der Waals surface area contributed by atoms with Crippen LogP contribution in [-0.4, -0.2) is 26.3 Å². The maximum Gasteiger partial charge on any atom is 0.0499 e. The van der Waals surface area contributed by atoms with Crippen LogP contribution in [0.25, 0.3) is 0 Å². The molecule has 0 aromatic heterocycles. The Hall–Kier alpha value is -0.0800. The fourth-order valence-electron chi connectivity index (χ4n) is 2.40. The lowest BCUT2D eigenvalue weighted by molar-refractivity contribution is 0.156. The average Bonchev–Trinajstić information content (AvgIpc) is 2.41. The maximum absolute atomic E-state index is 5.15. The summed E-state index contributed by atoms with van der Waals surface area (Å²) in [7, 11) is 1.78. The van der Waals surface area contributed by atoms with Gasteiger partial charge in [0.2, 0.25) is 0 Å². The Morgan fingerprint density at radius 2 is 2.07 bits per heavy atom. The van der Waals surface area contributed by atoms with E-state index in [4.69, 9.17) is 4.74 Å². The average molecular weight is 213 g/mol. The summed E-state index contributed by atoms with van der Waals surface area (Å²) in [4.78, 5) is 0. The molecule has 0 bridgehead atoms. The van der Waals surface area contributed by atoms with Gasteiger partial charge in [0.1, 0.15) is 0 Å². The van der Waals surface area contributed by atoms with Crippen LogP contribution >= 0.6 is 0 Å². The first kappa shape index (κ1) is 13.0. The molecule has 1 saturated carbocycles. The van der Waals surface area contributed by atoms with Crippen LogP contribution in [0.15, 0.2) is 0 Å². The van der Waals surface area contributed by atoms with E-state index >= 15 is 0 Å². The fraction of sp³-hybridized carbons (Fsp3) is 1.00. The molecule has 0 saturated heterocycles. The van der Waals surface area contributed by atoms with E-state index in [1.165, 1.54) is 32.1 Å². The molecule has 1 aliphatic rings. The summed E-state index contributed by atoms with van der Waals surface area (Å²) in [5.74, 6) is 1.57. The first-order valence-corrected chi connectivity index (χ1v) is 6.44. The third kappa shape index (κ3) is 5.53. The van der Waals surface area contributed by atoms with E-state index < -0.39 is 0 Å². The van der Waals surface area contributed by atoms with Gasteiger partial charge in [0.25, 0.3) is 0 Å². The zero-order valence-electron chi connectivity index (χ0n) is 10.6. The van der Waals surface area contributed by atoms with Crippen molar-refractivity contribution in [3.8, 4) is 0 Å². The van der Waals surface area contributed by atoms with E-state index in [0.717, 1.165) is 25.1 Å². The van der Waals surface area contributed by atoms with Gasteiger partial charge in [-0.25, -0.2) is 0 Å². The molecule has 0 radical (unpaired) electrons. The van der Waals surface area contributed by atoms with Gasteiger partial charge in [-0.1, -0.05) is 26.7 Å². The summed E-state index contributed by atoms with van der Waals surface area (Å²) in [6.45, 7) is 6.61. The zero-order chi connectivity index (χ0) is 11.1. The third-order valence-corrected chi connectivity index (χ3v) is 3.46. The highest BCUT2D eigenvalue weighted by Gasteiger charge is 2.16. The molecule has 2 nitrogen and oxygen atoms in total. The van der Waals surface area contributed by atoms with E-state index in [0.29, 0.717) is 5.92 Å². The normalized spacial score (nSPS) is 29.8. The Bertz CT molecular complexity index is 161. The molecule has 1 N–H and O–H groups in total. The van der Waals surface area contributed by atoms with Crippen LogP contribution in [-0.2, 0) is 4.74 Å². The molecule has 1 rings (SSSR count). The molecular weight excluding hydrogens is 186 g/mol. The van der Waals surface area contributed by atoms with Crippen molar-refractivity contribution in [1.82, 2.24) is 5.32 Å². The van der Waals surface area contributed by atoms with Crippen molar-refractivity contribution in [2.45, 2.75) is 52.0 Å². The Balaban J connectivity index is 2.14. The van der Waals surface area contributed by atoms with Gasteiger partial charge < -0.3 is 10.1 Å². The summed E-state index contributed by atoms with van der Waals surface area (Å²) in [6, 6.07) is 0.759. The second-order valence-corrected chi connectivity index (χ2v) is 5.28. The fourth-order valence-corrected chi connectivity index (χ4v) is 2.40. The molecule has 0 aromatic rings. The standard InChI is InChI=1S/C13H27NO/c1-11-5-4-6-13(8-7-11)14-9-12(2)10-15-3/h11-14H,4-10H2,1-3H3. The van der Waals surface area contributed by atoms with Gasteiger partial charge in [-0.15, -0.1) is 0 Å². The summed E-state index contributed by atoms with van der Waals surface area (Å²) >= 11 is 0. The van der Waals surface area contributed by atoms with Crippen LogP contribution in [0, 0.1) is 11.8 Å². The summed E-state index contributed by atoms with van der Waals surface area (Å²) in [5.41, 5.74) is 0. The van der Waals surface area contributed by atoms with Crippen molar-refractivity contribution in [2.24, 2.45) is 11.8 Å². The first-order chi connectivity index (χ1) is 7.22. The summed E-state index contributed by atoms with van der Waals surface area (Å²) < 4.78 is 5.15. The molecule has 0 heterocycles. The Labute approximate surface area is 94.8 Å². The lowest BCUT2D eigenvalue weighted by Crippen LogP contribution is -2.33. The van der Waals surface area contributed by atoms with Crippen molar-refractivity contribution < 1.29 is 4.74 Å². The van der Waals surface area contributed by atoms with Gasteiger partial charge in [-0.2, -0.15) is 0 Å². The van der Waals surface area contributed by atoms with Crippen LogP contribution < -0.4 is 5.32 Å². The molecule has 3 atom stereocenters. The topological polar surface area (TPSA) is 21.3 Å². The van der Waals surface area contributed by atoms with Crippen molar-refractivity contribution in [3.63, 3.8) is 0 Å². The SMILES string of the molecule is COCC(C)CNC1CCCC(C)CC1. The van der Waals surface area contributed by atoms with Crippen LogP contribution in [0.2, 0.25) is 0 Å². The first-order valence-electron chi connectivity index (χ1n) is 6.44. The number of rotatable bonds is 5. The molecule has 0 amide bonds. The predicted octanol–water partition coefficient (Wildman–Crippen LogP) is 2.83. The van der Waals surface area contributed by atoms with Crippen LogP contribution in [0.3, 0.4) is 0 Å². The Kier molecular flexibility index (Phi) is 6.26. The monoisotopic (exact) mass is 213 g/mol. The third-order valence-electron chi connectivity index (χ3n) is 3.46. The second kappa shape index (κ2) is 7.24. The molecule has 0 spiro atoms. The Morgan fingerprint density at radius 3 is 2.80 bits per heavy atom. The van der Waals surface area contributed by atoms with E-state index in [9.17, 15) is 0 Å². The predicted molar refractivity (Wildman–Crippen MR) is 65.1 cm³/mol. The van der Waals surface area contributed by atoms with Crippen LogP contribution in [0.5, 0.6) is 0 Å². The van der Waals surface area contributed by atoms with Crippen molar-refractivity contribution in [3.05, 3.63) is 0 Å². The van der Waals surface area contributed by atoms with Gasteiger partial charge in [0.15, 0.2) is 0 Å². The largest absolute Gasteiger partial charge is 0.384 e. The minimum atomic E-state index is 0.635. The quantitative estimate of drug-likeness (QED) is 0.709. The van der Waals surface area contributed by atoms with Crippen molar-refractivity contribution >= 4 is 0 Å². The zero-order valence-corrected chi connectivity index (χ0v) is 10.6. The van der Waals surface area contributed by atoms with Gasteiger partial charge in [-0.3, -0.25) is 0 Å². The smallest absolute Gasteiger partial charge is 0.0499 e. The minimum Gasteiger partial charge on any atom is -0.384 e. The van der Waals surface area contributed by atoms with E-state index in [-0.39, 0.29) is 0 Å². The molecule has 15 heavy (non-hydrogen) atoms. The lowest BCUT2D eigenvalue weighted by atomic mass is 10.0. The highest BCUT2D eigenvalue weighted by atomic mass is 16.5. The number of ether oxygens (including phenoxy) is 1. The summed E-state index contributed by atoms with van der Waals surface area (Å²) in [5, 5.41) is 3.69. The van der Waals surface area contributed by atoms with Gasteiger partial charge >= 0.3 is 0 Å². The molecule has 90 valence electrons. The molecule has 2 heteroatoms. The van der Waals surface area contributed by atoms with E-state index in [1.807, 2.05) is 0 Å². The highest BCUT2D eigenvalue weighted by Crippen LogP contribution is 2.22. The minimum absolute atomic E-state index is 0.635. The summed E-state index contributed by atoms with van der Waals surface area (Å²) in [6.07, 6.45) is 6.95. The molecule has 1 aliphatic carbocycles.